The lowest BCUT2D eigenvalue weighted by molar-refractivity contribution is 0.1000. The molecule has 1 atom stereocenters. The van der Waals surface area contributed by atoms with E-state index >= 15 is 0 Å². The molecule has 7 heteroatoms. The van der Waals surface area contributed by atoms with Crippen LogP contribution in [0.1, 0.15) is 34.5 Å². The second-order valence-corrected chi connectivity index (χ2v) is 6.40. The summed E-state index contributed by atoms with van der Waals surface area (Å²) in [5, 5.41) is 0.238. The third-order valence-corrected chi connectivity index (χ3v) is 4.90. The van der Waals surface area contributed by atoms with Crippen LogP contribution in [0.3, 0.4) is 0 Å². The molecule has 0 fully saturated rings. The van der Waals surface area contributed by atoms with Crippen LogP contribution in [0.2, 0.25) is 5.02 Å². The zero-order valence-electron chi connectivity index (χ0n) is 13.8. The number of fused-ring (bicyclic) bond motifs is 1. The van der Waals surface area contributed by atoms with Gasteiger partial charge >= 0.3 is 6.03 Å². The Morgan fingerprint density at radius 1 is 1.32 bits per heavy atom. The number of carbonyl (C=O) groups excluding carboxylic acids is 2. The third-order valence-electron chi connectivity index (χ3n) is 4.55. The molecule has 0 spiro atoms. The van der Waals surface area contributed by atoms with Crippen molar-refractivity contribution >= 4 is 29.2 Å². The van der Waals surface area contributed by atoms with Gasteiger partial charge in [0.2, 0.25) is 5.91 Å². The summed E-state index contributed by atoms with van der Waals surface area (Å²) in [6.45, 7) is 1.84. The van der Waals surface area contributed by atoms with Gasteiger partial charge in [-0.2, -0.15) is 0 Å². The monoisotopic (exact) mass is 361 g/mol. The van der Waals surface area contributed by atoms with Gasteiger partial charge in [0, 0.05) is 23.2 Å². The van der Waals surface area contributed by atoms with Crippen LogP contribution in [0.5, 0.6) is 0 Å². The standard InChI is InChI=1S/C18H17ClFN3O2/c1-10-12-7-6-11(17(21)24)8-16(12)23(18(25)22(10)2)9-13-14(19)4-3-5-15(13)20/h3-8,10H,9H2,1-2H3,(H2,21,24). The van der Waals surface area contributed by atoms with Gasteiger partial charge in [-0.3, -0.25) is 9.69 Å². The number of hydrogen-bond donors (Lipinski definition) is 1. The summed E-state index contributed by atoms with van der Waals surface area (Å²) < 4.78 is 14.2. The van der Waals surface area contributed by atoms with Crippen LogP contribution in [0, 0.1) is 5.82 Å². The highest BCUT2D eigenvalue weighted by atomic mass is 35.5. The molecule has 2 aromatic carbocycles. The first-order valence-electron chi connectivity index (χ1n) is 7.72. The van der Waals surface area contributed by atoms with Gasteiger partial charge in [0.05, 0.1) is 18.3 Å². The van der Waals surface area contributed by atoms with E-state index in [2.05, 4.69) is 0 Å². The minimum Gasteiger partial charge on any atom is -0.366 e. The quantitative estimate of drug-likeness (QED) is 0.905. The van der Waals surface area contributed by atoms with Crippen molar-refractivity contribution in [3.63, 3.8) is 0 Å². The maximum Gasteiger partial charge on any atom is 0.325 e. The molecule has 25 heavy (non-hydrogen) atoms. The number of nitrogens with zero attached hydrogens (tertiary/aromatic N) is 2. The fourth-order valence-electron chi connectivity index (χ4n) is 2.95. The van der Waals surface area contributed by atoms with E-state index in [-0.39, 0.29) is 34.8 Å². The van der Waals surface area contributed by atoms with Gasteiger partial charge in [0.1, 0.15) is 5.82 Å². The molecule has 1 heterocycles. The van der Waals surface area contributed by atoms with Gasteiger partial charge in [-0.15, -0.1) is 0 Å². The van der Waals surface area contributed by atoms with Crippen LogP contribution in [0.15, 0.2) is 36.4 Å². The maximum absolute atomic E-state index is 14.2. The Bertz CT molecular complexity index is 851. The van der Waals surface area contributed by atoms with Gasteiger partial charge in [0.25, 0.3) is 0 Å². The van der Waals surface area contributed by atoms with Crippen molar-refractivity contribution < 1.29 is 14.0 Å². The number of carbonyl (C=O) groups is 2. The molecule has 0 aromatic heterocycles. The van der Waals surface area contributed by atoms with Crippen LogP contribution in [0.25, 0.3) is 0 Å². The van der Waals surface area contributed by atoms with E-state index in [0.29, 0.717) is 5.69 Å². The lowest BCUT2D eigenvalue weighted by atomic mass is 9.98. The van der Waals surface area contributed by atoms with Crippen LogP contribution >= 0.6 is 11.6 Å². The highest BCUT2D eigenvalue weighted by Gasteiger charge is 2.34. The highest BCUT2D eigenvalue weighted by Crippen LogP contribution is 2.38. The van der Waals surface area contributed by atoms with Gasteiger partial charge in [-0.05, 0) is 36.8 Å². The van der Waals surface area contributed by atoms with Crippen molar-refractivity contribution in [2.45, 2.75) is 19.5 Å². The topological polar surface area (TPSA) is 66.6 Å². The SMILES string of the molecule is CC1c2ccc(C(N)=O)cc2N(Cc2c(F)cccc2Cl)C(=O)N1C. The molecule has 1 aliphatic heterocycles. The van der Waals surface area contributed by atoms with E-state index in [9.17, 15) is 14.0 Å². The van der Waals surface area contributed by atoms with Crippen LogP contribution in [-0.4, -0.2) is 23.9 Å². The van der Waals surface area contributed by atoms with Crippen LogP contribution in [0.4, 0.5) is 14.9 Å². The maximum atomic E-state index is 14.2. The van der Waals surface area contributed by atoms with E-state index < -0.39 is 11.7 Å². The molecule has 3 rings (SSSR count). The predicted octanol–water partition coefficient (Wildman–Crippen LogP) is 3.71. The van der Waals surface area contributed by atoms with E-state index in [1.54, 1.807) is 36.2 Å². The zero-order valence-corrected chi connectivity index (χ0v) is 14.5. The fraction of sp³-hybridized carbons (Fsp3) is 0.222. The second-order valence-electron chi connectivity index (χ2n) is 5.99. The Morgan fingerprint density at radius 2 is 2.04 bits per heavy atom. The average Bonchev–Trinajstić information content (AvgIpc) is 2.58. The smallest absolute Gasteiger partial charge is 0.325 e. The normalized spacial score (nSPS) is 16.8. The predicted molar refractivity (Wildman–Crippen MR) is 94.1 cm³/mol. The number of amides is 3. The first-order chi connectivity index (χ1) is 11.8. The molecule has 1 aliphatic rings. The number of rotatable bonds is 3. The summed E-state index contributed by atoms with van der Waals surface area (Å²) in [5.41, 5.74) is 7.24. The van der Waals surface area contributed by atoms with E-state index in [0.717, 1.165) is 5.56 Å². The Hall–Kier alpha value is -2.60. The van der Waals surface area contributed by atoms with Gasteiger partial charge < -0.3 is 10.6 Å². The van der Waals surface area contributed by atoms with Crippen molar-refractivity contribution in [2.75, 3.05) is 11.9 Å². The summed E-state index contributed by atoms with van der Waals surface area (Å²) in [6.07, 6.45) is 0. The number of nitrogens with two attached hydrogens (primary N) is 1. The summed E-state index contributed by atoms with van der Waals surface area (Å²) in [6, 6.07) is 8.83. The molecule has 0 bridgehead atoms. The van der Waals surface area contributed by atoms with Crippen molar-refractivity contribution in [1.29, 1.82) is 0 Å². The minimum atomic E-state index is -0.592. The Balaban J connectivity index is 2.12. The molecular formula is C18H17ClFN3O2. The van der Waals surface area contributed by atoms with Gasteiger partial charge in [-0.25, -0.2) is 9.18 Å². The Labute approximate surface area is 149 Å². The largest absolute Gasteiger partial charge is 0.366 e. The number of anilines is 1. The number of hydrogen-bond acceptors (Lipinski definition) is 2. The minimum absolute atomic E-state index is 0.0450. The van der Waals surface area contributed by atoms with Crippen LogP contribution < -0.4 is 10.6 Å². The lowest BCUT2D eigenvalue weighted by Crippen LogP contribution is -2.46. The Morgan fingerprint density at radius 3 is 2.68 bits per heavy atom. The zero-order chi connectivity index (χ0) is 18.3. The van der Waals surface area contributed by atoms with E-state index in [4.69, 9.17) is 17.3 Å². The molecule has 5 nitrogen and oxygen atoms in total. The van der Waals surface area contributed by atoms with Crippen molar-refractivity contribution in [1.82, 2.24) is 4.90 Å². The molecular weight excluding hydrogens is 345 g/mol. The number of halogens is 2. The molecule has 0 saturated carbocycles. The Kier molecular flexibility index (Phi) is 4.39. The van der Waals surface area contributed by atoms with Gasteiger partial charge in [-0.1, -0.05) is 23.7 Å². The van der Waals surface area contributed by atoms with Gasteiger partial charge in [0.15, 0.2) is 0 Å². The summed E-state index contributed by atoms with van der Waals surface area (Å²) >= 11 is 6.10. The van der Waals surface area contributed by atoms with Crippen LogP contribution in [-0.2, 0) is 6.54 Å². The average molecular weight is 362 g/mol. The number of benzene rings is 2. The number of urea groups is 1. The molecule has 3 amide bonds. The fourth-order valence-corrected chi connectivity index (χ4v) is 3.17. The first-order valence-corrected chi connectivity index (χ1v) is 8.10. The molecule has 0 radical (unpaired) electrons. The molecule has 130 valence electrons. The summed E-state index contributed by atoms with van der Waals surface area (Å²) in [7, 11) is 1.67. The second kappa shape index (κ2) is 6.37. The summed E-state index contributed by atoms with van der Waals surface area (Å²) in [4.78, 5) is 27.3. The first kappa shape index (κ1) is 17.2. The van der Waals surface area contributed by atoms with E-state index in [1.165, 1.54) is 17.0 Å². The lowest BCUT2D eigenvalue weighted by Gasteiger charge is -2.39. The van der Waals surface area contributed by atoms with Crippen molar-refractivity contribution in [3.05, 3.63) is 63.9 Å². The molecule has 2 N–H and O–H groups in total. The third kappa shape index (κ3) is 2.93. The van der Waals surface area contributed by atoms with Crippen molar-refractivity contribution in [3.8, 4) is 0 Å². The molecule has 2 aromatic rings. The van der Waals surface area contributed by atoms with E-state index in [1.807, 2.05) is 6.92 Å². The highest BCUT2D eigenvalue weighted by molar-refractivity contribution is 6.31. The molecule has 0 aliphatic carbocycles. The number of primary amides is 1. The van der Waals surface area contributed by atoms with Crippen molar-refractivity contribution in [2.24, 2.45) is 5.73 Å². The molecule has 0 saturated heterocycles. The summed E-state index contributed by atoms with van der Waals surface area (Å²) in [5.74, 6) is -1.08. The molecule has 1 unspecified atom stereocenters.